The van der Waals surface area contributed by atoms with Gasteiger partial charge in [-0.2, -0.15) is 0 Å². The third-order valence-corrected chi connectivity index (χ3v) is 4.57. The standard InChI is InChI=1S/C20H21ClN2O3/c1-2-11-26-18-10-6-4-8-16(18)22-20(25)14-12-19(24)23(13-14)17-9-5-3-7-15(17)21/h3-10,14H,2,11-13H2,1H3,(H,22,25). The van der Waals surface area contributed by atoms with Gasteiger partial charge in [0.05, 0.1) is 28.9 Å². The van der Waals surface area contributed by atoms with E-state index < -0.39 is 5.92 Å². The SMILES string of the molecule is CCCOc1ccccc1NC(=O)C1CC(=O)N(c2ccccc2Cl)C1. The van der Waals surface area contributed by atoms with Gasteiger partial charge in [0.25, 0.3) is 0 Å². The number of benzene rings is 2. The zero-order valence-electron chi connectivity index (χ0n) is 14.6. The Morgan fingerprint density at radius 1 is 1.23 bits per heavy atom. The number of anilines is 2. The van der Waals surface area contributed by atoms with Crippen LogP contribution in [-0.4, -0.2) is 25.0 Å². The molecule has 0 saturated carbocycles. The summed E-state index contributed by atoms with van der Waals surface area (Å²) in [6, 6.07) is 14.5. The summed E-state index contributed by atoms with van der Waals surface area (Å²) < 4.78 is 5.67. The molecule has 2 aromatic carbocycles. The Morgan fingerprint density at radius 2 is 1.96 bits per heavy atom. The van der Waals surface area contributed by atoms with Crippen LogP contribution in [0.15, 0.2) is 48.5 Å². The number of carbonyl (C=O) groups is 2. The van der Waals surface area contributed by atoms with Crippen LogP contribution in [0, 0.1) is 5.92 Å². The second-order valence-electron chi connectivity index (χ2n) is 6.19. The van der Waals surface area contributed by atoms with E-state index in [4.69, 9.17) is 16.3 Å². The predicted molar refractivity (Wildman–Crippen MR) is 103 cm³/mol. The lowest BCUT2D eigenvalue weighted by Crippen LogP contribution is -2.28. The summed E-state index contributed by atoms with van der Waals surface area (Å²) in [6.07, 6.45) is 1.04. The first kappa shape index (κ1) is 18.3. The molecule has 0 spiro atoms. The maximum absolute atomic E-state index is 12.7. The maximum atomic E-state index is 12.7. The highest BCUT2D eigenvalue weighted by atomic mass is 35.5. The Labute approximate surface area is 157 Å². The van der Waals surface area contributed by atoms with Gasteiger partial charge >= 0.3 is 0 Å². The van der Waals surface area contributed by atoms with Crippen molar-refractivity contribution in [3.63, 3.8) is 0 Å². The van der Waals surface area contributed by atoms with Gasteiger partial charge in [0.15, 0.2) is 0 Å². The molecule has 3 rings (SSSR count). The van der Waals surface area contributed by atoms with Crippen LogP contribution in [-0.2, 0) is 9.59 Å². The lowest BCUT2D eigenvalue weighted by atomic mass is 10.1. The van der Waals surface area contributed by atoms with Crippen LogP contribution >= 0.6 is 11.6 Å². The third-order valence-electron chi connectivity index (χ3n) is 4.25. The highest BCUT2D eigenvalue weighted by molar-refractivity contribution is 6.33. The van der Waals surface area contributed by atoms with Gasteiger partial charge in [-0.3, -0.25) is 9.59 Å². The molecule has 1 aliphatic rings. The van der Waals surface area contributed by atoms with Crippen LogP contribution in [0.4, 0.5) is 11.4 Å². The number of amides is 2. The van der Waals surface area contributed by atoms with E-state index in [1.54, 1.807) is 23.1 Å². The monoisotopic (exact) mass is 372 g/mol. The number of para-hydroxylation sites is 3. The molecule has 1 N–H and O–H groups in total. The first-order valence-electron chi connectivity index (χ1n) is 8.67. The molecule has 1 unspecified atom stereocenters. The molecule has 0 aromatic heterocycles. The second-order valence-corrected chi connectivity index (χ2v) is 6.60. The summed E-state index contributed by atoms with van der Waals surface area (Å²) in [5, 5.41) is 3.39. The zero-order chi connectivity index (χ0) is 18.5. The molecule has 5 nitrogen and oxygen atoms in total. The van der Waals surface area contributed by atoms with Crippen LogP contribution in [0.5, 0.6) is 5.75 Å². The van der Waals surface area contributed by atoms with E-state index in [1.807, 2.05) is 37.3 Å². The summed E-state index contributed by atoms with van der Waals surface area (Å²) in [7, 11) is 0. The Hall–Kier alpha value is -2.53. The molecular weight excluding hydrogens is 352 g/mol. The molecule has 6 heteroatoms. The van der Waals surface area contributed by atoms with Crippen molar-refractivity contribution in [2.24, 2.45) is 5.92 Å². The van der Waals surface area contributed by atoms with Crippen molar-refractivity contribution in [3.8, 4) is 5.75 Å². The number of ether oxygens (including phenoxy) is 1. The molecule has 1 aliphatic heterocycles. The molecule has 0 bridgehead atoms. The first-order valence-corrected chi connectivity index (χ1v) is 9.05. The average Bonchev–Trinajstić information content (AvgIpc) is 3.03. The van der Waals surface area contributed by atoms with Gasteiger partial charge in [-0.15, -0.1) is 0 Å². The van der Waals surface area contributed by atoms with Gasteiger partial charge in [-0.05, 0) is 30.7 Å². The Bertz CT molecular complexity index is 809. The quantitative estimate of drug-likeness (QED) is 0.829. The van der Waals surface area contributed by atoms with Gasteiger partial charge in [0, 0.05) is 13.0 Å². The van der Waals surface area contributed by atoms with E-state index in [0.29, 0.717) is 35.3 Å². The molecule has 0 aliphatic carbocycles. The van der Waals surface area contributed by atoms with Crippen molar-refractivity contribution in [3.05, 3.63) is 53.6 Å². The number of halogens is 1. The second kappa shape index (κ2) is 8.23. The molecule has 1 saturated heterocycles. The number of rotatable bonds is 6. The molecule has 0 radical (unpaired) electrons. The highest BCUT2D eigenvalue weighted by Gasteiger charge is 2.36. The van der Waals surface area contributed by atoms with Crippen LogP contribution in [0.25, 0.3) is 0 Å². The van der Waals surface area contributed by atoms with E-state index >= 15 is 0 Å². The lowest BCUT2D eigenvalue weighted by molar-refractivity contribution is -0.122. The number of carbonyl (C=O) groups excluding carboxylic acids is 2. The molecule has 1 heterocycles. The average molecular weight is 373 g/mol. The molecule has 2 aromatic rings. The summed E-state index contributed by atoms with van der Waals surface area (Å²) in [5.41, 5.74) is 1.26. The topological polar surface area (TPSA) is 58.6 Å². The van der Waals surface area contributed by atoms with Gasteiger partial charge < -0.3 is 15.0 Å². The Morgan fingerprint density at radius 3 is 2.73 bits per heavy atom. The molecule has 2 amide bonds. The number of hydrogen-bond donors (Lipinski definition) is 1. The minimum Gasteiger partial charge on any atom is -0.491 e. The van der Waals surface area contributed by atoms with Gasteiger partial charge in [-0.1, -0.05) is 42.8 Å². The minimum atomic E-state index is -0.432. The summed E-state index contributed by atoms with van der Waals surface area (Å²) in [4.78, 5) is 26.6. The van der Waals surface area contributed by atoms with E-state index in [0.717, 1.165) is 6.42 Å². The van der Waals surface area contributed by atoms with Crippen molar-refractivity contribution in [2.75, 3.05) is 23.4 Å². The van der Waals surface area contributed by atoms with Crippen LogP contribution in [0.2, 0.25) is 5.02 Å². The smallest absolute Gasteiger partial charge is 0.229 e. The molecule has 1 atom stereocenters. The van der Waals surface area contributed by atoms with Crippen LogP contribution < -0.4 is 15.0 Å². The van der Waals surface area contributed by atoms with E-state index in [1.165, 1.54) is 0 Å². The van der Waals surface area contributed by atoms with Crippen molar-refractivity contribution >= 4 is 34.8 Å². The van der Waals surface area contributed by atoms with Crippen LogP contribution in [0.1, 0.15) is 19.8 Å². The Kier molecular flexibility index (Phi) is 5.78. The summed E-state index contributed by atoms with van der Waals surface area (Å²) in [6.45, 7) is 2.91. The van der Waals surface area contributed by atoms with Crippen molar-refractivity contribution in [1.82, 2.24) is 0 Å². The van der Waals surface area contributed by atoms with E-state index in [9.17, 15) is 9.59 Å². The fourth-order valence-corrected chi connectivity index (χ4v) is 3.17. The fourth-order valence-electron chi connectivity index (χ4n) is 2.93. The van der Waals surface area contributed by atoms with E-state index in [-0.39, 0.29) is 18.2 Å². The fraction of sp³-hybridized carbons (Fsp3) is 0.300. The summed E-state index contributed by atoms with van der Waals surface area (Å²) in [5.74, 6) is -0.0952. The highest BCUT2D eigenvalue weighted by Crippen LogP contribution is 2.32. The predicted octanol–water partition coefficient (Wildman–Crippen LogP) is 4.12. The lowest BCUT2D eigenvalue weighted by Gasteiger charge is -2.18. The van der Waals surface area contributed by atoms with Crippen LogP contribution in [0.3, 0.4) is 0 Å². The minimum absolute atomic E-state index is 0.103. The van der Waals surface area contributed by atoms with Gasteiger partial charge in [-0.25, -0.2) is 0 Å². The third kappa shape index (κ3) is 3.99. The first-order chi connectivity index (χ1) is 12.6. The molecule has 26 heavy (non-hydrogen) atoms. The normalized spacial score (nSPS) is 16.6. The number of nitrogens with zero attached hydrogens (tertiary/aromatic N) is 1. The molecule has 136 valence electrons. The number of hydrogen-bond acceptors (Lipinski definition) is 3. The van der Waals surface area contributed by atoms with Gasteiger partial charge in [0.1, 0.15) is 5.75 Å². The van der Waals surface area contributed by atoms with Crippen molar-refractivity contribution in [2.45, 2.75) is 19.8 Å². The molecular formula is C20H21ClN2O3. The summed E-state index contributed by atoms with van der Waals surface area (Å²) >= 11 is 6.18. The maximum Gasteiger partial charge on any atom is 0.229 e. The van der Waals surface area contributed by atoms with E-state index in [2.05, 4.69) is 5.32 Å². The van der Waals surface area contributed by atoms with Gasteiger partial charge in [0.2, 0.25) is 11.8 Å². The van der Waals surface area contributed by atoms with Crippen molar-refractivity contribution < 1.29 is 14.3 Å². The largest absolute Gasteiger partial charge is 0.491 e. The Balaban J connectivity index is 1.70. The van der Waals surface area contributed by atoms with Crippen molar-refractivity contribution in [1.29, 1.82) is 0 Å². The zero-order valence-corrected chi connectivity index (χ0v) is 15.3. The molecule has 1 fully saturated rings. The number of nitrogens with one attached hydrogen (secondary N) is 1.